The van der Waals surface area contributed by atoms with Gasteiger partial charge in [-0.25, -0.2) is 0 Å². The fourth-order valence-electron chi connectivity index (χ4n) is 1.97. The summed E-state index contributed by atoms with van der Waals surface area (Å²) in [6.45, 7) is 6.59. The van der Waals surface area contributed by atoms with Crippen LogP contribution in [0.2, 0.25) is 0 Å². The van der Waals surface area contributed by atoms with Gasteiger partial charge >= 0.3 is 0 Å². The van der Waals surface area contributed by atoms with Crippen LogP contribution in [0.5, 0.6) is 0 Å². The molecule has 102 valence electrons. The van der Waals surface area contributed by atoms with Crippen molar-refractivity contribution in [3.05, 3.63) is 35.4 Å². The second kappa shape index (κ2) is 6.32. The summed E-state index contributed by atoms with van der Waals surface area (Å²) in [6.07, 6.45) is 2.02. The smallest absolute Gasteiger partial charge is 0.0429 e. The molecule has 0 saturated heterocycles. The van der Waals surface area contributed by atoms with Crippen molar-refractivity contribution in [1.82, 2.24) is 10.3 Å². The van der Waals surface area contributed by atoms with E-state index in [2.05, 4.69) is 69.5 Å². The van der Waals surface area contributed by atoms with Crippen molar-refractivity contribution >= 4 is 0 Å². The van der Waals surface area contributed by atoms with E-state index in [0.29, 0.717) is 0 Å². The maximum Gasteiger partial charge on any atom is 0.0429 e. The van der Waals surface area contributed by atoms with Gasteiger partial charge in [-0.3, -0.25) is 11.3 Å². The van der Waals surface area contributed by atoms with Crippen LogP contribution in [-0.4, -0.2) is 30.6 Å². The third kappa shape index (κ3) is 3.55. The van der Waals surface area contributed by atoms with E-state index in [9.17, 15) is 0 Å². The molecule has 0 aliphatic heterocycles. The quantitative estimate of drug-likeness (QED) is 0.598. The molecule has 1 aromatic carbocycles. The van der Waals surface area contributed by atoms with Gasteiger partial charge in [0.1, 0.15) is 0 Å². The van der Waals surface area contributed by atoms with Crippen molar-refractivity contribution in [1.29, 1.82) is 0 Å². The Morgan fingerprint density at radius 3 is 2.06 bits per heavy atom. The van der Waals surface area contributed by atoms with Gasteiger partial charge < -0.3 is 4.90 Å². The molecule has 0 aliphatic rings. The van der Waals surface area contributed by atoms with E-state index in [1.807, 2.05) is 0 Å². The van der Waals surface area contributed by atoms with Gasteiger partial charge in [-0.1, -0.05) is 31.2 Å². The van der Waals surface area contributed by atoms with E-state index < -0.39 is 0 Å². The fraction of sp³-hybridized carbons (Fsp3) is 0.600. The second-order valence-electron chi connectivity index (χ2n) is 5.64. The molecule has 0 heterocycles. The zero-order valence-corrected chi connectivity index (χ0v) is 12.3. The average Bonchev–Trinajstić information content (AvgIpc) is 2.36. The molecule has 1 unspecified atom stereocenters. The summed E-state index contributed by atoms with van der Waals surface area (Å²) in [7, 11) is 4.18. The summed E-state index contributed by atoms with van der Waals surface area (Å²) in [4.78, 5) is 2.21. The number of rotatable bonds is 6. The molecule has 0 bridgehead atoms. The van der Waals surface area contributed by atoms with Crippen LogP contribution in [0, 0.1) is 0 Å². The molecular formula is C15H27N3. The van der Waals surface area contributed by atoms with Crippen LogP contribution in [0.4, 0.5) is 0 Å². The van der Waals surface area contributed by atoms with Gasteiger partial charge in [0.05, 0.1) is 0 Å². The maximum atomic E-state index is 5.72. The van der Waals surface area contributed by atoms with Gasteiger partial charge in [-0.15, -0.1) is 0 Å². The zero-order chi connectivity index (χ0) is 13.8. The first kappa shape index (κ1) is 15.2. The first-order chi connectivity index (χ1) is 8.41. The lowest BCUT2D eigenvalue weighted by Gasteiger charge is -2.40. The maximum absolute atomic E-state index is 5.72. The van der Waals surface area contributed by atoms with E-state index in [4.69, 9.17) is 5.84 Å². The minimum atomic E-state index is 0.0121. The van der Waals surface area contributed by atoms with E-state index in [1.165, 1.54) is 11.1 Å². The average molecular weight is 249 g/mol. The van der Waals surface area contributed by atoms with E-state index in [1.54, 1.807) is 0 Å². The molecule has 0 aliphatic carbocycles. The first-order valence-corrected chi connectivity index (χ1v) is 6.63. The van der Waals surface area contributed by atoms with E-state index in [-0.39, 0.29) is 11.6 Å². The van der Waals surface area contributed by atoms with Gasteiger partial charge in [0.25, 0.3) is 0 Å². The molecule has 1 atom stereocenters. The van der Waals surface area contributed by atoms with Crippen molar-refractivity contribution < 1.29 is 0 Å². The largest absolute Gasteiger partial charge is 0.303 e. The molecule has 0 amide bonds. The Balaban J connectivity index is 2.79. The number of nitrogens with zero attached hydrogens (tertiary/aromatic N) is 1. The second-order valence-corrected chi connectivity index (χ2v) is 5.64. The number of nitrogens with one attached hydrogen (secondary N) is 1. The SMILES string of the molecule is CCc1ccc(CC(NN)C(C)(C)N(C)C)cc1. The summed E-state index contributed by atoms with van der Waals surface area (Å²) < 4.78 is 0. The number of hydrogen-bond donors (Lipinski definition) is 2. The van der Waals surface area contributed by atoms with Gasteiger partial charge in [-0.05, 0) is 51.9 Å². The molecule has 0 fully saturated rings. The highest BCUT2D eigenvalue weighted by Gasteiger charge is 2.30. The predicted molar refractivity (Wildman–Crippen MR) is 78.4 cm³/mol. The van der Waals surface area contributed by atoms with Crippen LogP contribution in [0.1, 0.15) is 31.9 Å². The number of hydrazine groups is 1. The van der Waals surface area contributed by atoms with Gasteiger partial charge in [0.15, 0.2) is 0 Å². The highest BCUT2D eigenvalue weighted by atomic mass is 15.3. The Kier molecular flexibility index (Phi) is 5.32. The third-order valence-corrected chi connectivity index (χ3v) is 4.08. The lowest BCUT2D eigenvalue weighted by molar-refractivity contribution is 0.137. The van der Waals surface area contributed by atoms with Gasteiger partial charge in [0.2, 0.25) is 0 Å². The van der Waals surface area contributed by atoms with Crippen LogP contribution < -0.4 is 11.3 Å². The lowest BCUT2D eigenvalue weighted by atomic mass is 9.88. The Morgan fingerprint density at radius 1 is 1.17 bits per heavy atom. The van der Waals surface area contributed by atoms with E-state index >= 15 is 0 Å². The molecule has 18 heavy (non-hydrogen) atoms. The molecule has 0 spiro atoms. The van der Waals surface area contributed by atoms with Crippen molar-refractivity contribution in [3.63, 3.8) is 0 Å². The van der Waals surface area contributed by atoms with Gasteiger partial charge in [-0.2, -0.15) is 0 Å². The highest BCUT2D eigenvalue weighted by Crippen LogP contribution is 2.19. The van der Waals surface area contributed by atoms with Crippen LogP contribution in [0.25, 0.3) is 0 Å². The summed E-state index contributed by atoms with van der Waals surface area (Å²) in [6, 6.07) is 9.03. The number of hydrogen-bond acceptors (Lipinski definition) is 3. The Morgan fingerprint density at radius 2 is 1.67 bits per heavy atom. The topological polar surface area (TPSA) is 41.3 Å². The summed E-state index contributed by atoms with van der Waals surface area (Å²) in [5, 5.41) is 0. The molecule has 3 N–H and O–H groups in total. The Labute approximate surface area is 111 Å². The molecule has 1 aromatic rings. The monoisotopic (exact) mass is 249 g/mol. The van der Waals surface area contributed by atoms with E-state index in [0.717, 1.165) is 12.8 Å². The molecule has 3 heteroatoms. The normalized spacial score (nSPS) is 13.9. The lowest BCUT2D eigenvalue weighted by Crippen LogP contribution is -2.58. The third-order valence-electron chi connectivity index (χ3n) is 4.08. The zero-order valence-electron chi connectivity index (χ0n) is 12.3. The molecule has 3 nitrogen and oxygen atoms in total. The fourth-order valence-corrected chi connectivity index (χ4v) is 1.97. The number of nitrogens with two attached hydrogens (primary N) is 1. The Hall–Kier alpha value is -0.900. The van der Waals surface area contributed by atoms with Crippen LogP contribution in [0.15, 0.2) is 24.3 Å². The summed E-state index contributed by atoms with van der Waals surface area (Å²) >= 11 is 0. The summed E-state index contributed by atoms with van der Waals surface area (Å²) in [5.74, 6) is 5.72. The van der Waals surface area contributed by atoms with Crippen molar-refractivity contribution in [3.8, 4) is 0 Å². The predicted octanol–water partition coefficient (Wildman–Crippen LogP) is 1.96. The molecule has 1 rings (SSSR count). The Bertz CT molecular complexity index is 355. The number of aryl methyl sites for hydroxylation is 1. The molecule has 0 aromatic heterocycles. The first-order valence-electron chi connectivity index (χ1n) is 6.63. The van der Waals surface area contributed by atoms with Crippen LogP contribution in [-0.2, 0) is 12.8 Å². The minimum absolute atomic E-state index is 0.0121. The molecule has 0 saturated carbocycles. The minimum Gasteiger partial charge on any atom is -0.303 e. The van der Waals surface area contributed by atoms with Crippen molar-refractivity contribution in [2.24, 2.45) is 5.84 Å². The standard InChI is InChI=1S/C15H27N3/c1-6-12-7-9-13(10-8-12)11-14(17-16)15(2,3)18(4)5/h7-10,14,17H,6,11,16H2,1-5H3. The van der Waals surface area contributed by atoms with Crippen molar-refractivity contribution in [2.45, 2.75) is 45.2 Å². The number of benzene rings is 1. The van der Waals surface area contributed by atoms with Crippen LogP contribution >= 0.6 is 0 Å². The molecule has 0 radical (unpaired) electrons. The van der Waals surface area contributed by atoms with Crippen molar-refractivity contribution in [2.75, 3.05) is 14.1 Å². The van der Waals surface area contributed by atoms with Gasteiger partial charge in [0, 0.05) is 11.6 Å². The summed E-state index contributed by atoms with van der Waals surface area (Å²) in [5.41, 5.74) is 5.67. The molecular weight excluding hydrogens is 222 g/mol. The van der Waals surface area contributed by atoms with Crippen LogP contribution in [0.3, 0.4) is 0 Å². The number of likely N-dealkylation sites (N-methyl/N-ethyl adjacent to an activating group) is 1. The highest BCUT2D eigenvalue weighted by molar-refractivity contribution is 5.23.